The van der Waals surface area contributed by atoms with Crippen molar-refractivity contribution in [1.82, 2.24) is 25.1 Å². The fourth-order valence-corrected chi connectivity index (χ4v) is 3.02. The smallest absolute Gasteiger partial charge is 0.252 e. The highest BCUT2D eigenvalue weighted by Gasteiger charge is 2.12. The average Bonchev–Trinajstić information content (AvgIpc) is 3.37. The lowest BCUT2D eigenvalue weighted by atomic mass is 10.2. The van der Waals surface area contributed by atoms with Crippen molar-refractivity contribution in [2.45, 2.75) is 13.1 Å². The van der Waals surface area contributed by atoms with Gasteiger partial charge in [-0.15, -0.1) is 0 Å². The van der Waals surface area contributed by atoms with E-state index in [-0.39, 0.29) is 5.91 Å². The molecule has 0 aliphatic rings. The Labute approximate surface area is 165 Å². The first-order valence-corrected chi connectivity index (χ1v) is 9.05. The van der Waals surface area contributed by atoms with Gasteiger partial charge in [0.2, 0.25) is 0 Å². The number of amides is 1. The molecule has 8 nitrogen and oxygen atoms in total. The molecule has 0 unspecified atom stereocenters. The van der Waals surface area contributed by atoms with Crippen LogP contribution in [0.25, 0.3) is 11.0 Å². The van der Waals surface area contributed by atoms with Gasteiger partial charge in [0.05, 0.1) is 41.5 Å². The van der Waals surface area contributed by atoms with Crippen molar-refractivity contribution >= 4 is 34.4 Å². The maximum Gasteiger partial charge on any atom is 0.252 e. The first kappa shape index (κ1) is 18.0. The summed E-state index contributed by atoms with van der Waals surface area (Å²) < 4.78 is 7.04. The molecule has 142 valence electrons. The minimum atomic E-state index is -0.225. The zero-order chi connectivity index (χ0) is 19.3. The van der Waals surface area contributed by atoms with Gasteiger partial charge < -0.3 is 15.1 Å². The van der Waals surface area contributed by atoms with Crippen LogP contribution in [0.2, 0.25) is 5.02 Å². The molecule has 3 heterocycles. The van der Waals surface area contributed by atoms with Crippen molar-refractivity contribution in [2.24, 2.45) is 0 Å². The van der Waals surface area contributed by atoms with Crippen molar-refractivity contribution in [3.8, 4) is 0 Å². The van der Waals surface area contributed by atoms with Gasteiger partial charge in [-0.25, -0.2) is 14.6 Å². The second-order valence-corrected chi connectivity index (χ2v) is 6.40. The zero-order valence-electron chi connectivity index (χ0n) is 14.8. The minimum absolute atomic E-state index is 0.225. The quantitative estimate of drug-likeness (QED) is 0.498. The Morgan fingerprint density at radius 1 is 1.18 bits per heavy atom. The molecule has 0 saturated heterocycles. The number of nitrogens with zero attached hydrogens (tertiary/aromatic N) is 4. The summed E-state index contributed by atoms with van der Waals surface area (Å²) in [6.07, 6.45) is 4.81. The maximum atomic E-state index is 12.2. The number of hydrogen-bond acceptors (Lipinski definition) is 6. The minimum Gasteiger partial charge on any atom is -0.467 e. The number of carbonyl (C=O) groups is 1. The average molecular weight is 397 g/mol. The molecule has 0 aliphatic carbocycles. The molecule has 1 amide bonds. The predicted molar refractivity (Wildman–Crippen MR) is 105 cm³/mol. The Bertz CT molecular complexity index is 1090. The number of hydrogen-bond donors (Lipinski definition) is 2. The molecule has 0 fully saturated rings. The summed E-state index contributed by atoms with van der Waals surface area (Å²) >= 11 is 6.05. The van der Waals surface area contributed by atoms with Crippen molar-refractivity contribution in [2.75, 3.05) is 11.9 Å². The van der Waals surface area contributed by atoms with Crippen LogP contribution in [-0.4, -0.2) is 32.2 Å². The van der Waals surface area contributed by atoms with Gasteiger partial charge in [0.25, 0.3) is 5.91 Å². The highest BCUT2D eigenvalue weighted by atomic mass is 35.5. The van der Waals surface area contributed by atoms with E-state index in [4.69, 9.17) is 16.0 Å². The van der Waals surface area contributed by atoms with Crippen molar-refractivity contribution in [1.29, 1.82) is 0 Å². The van der Waals surface area contributed by atoms with Gasteiger partial charge >= 0.3 is 0 Å². The highest BCUT2D eigenvalue weighted by Crippen LogP contribution is 2.19. The largest absolute Gasteiger partial charge is 0.467 e. The molecule has 0 aliphatic heterocycles. The van der Waals surface area contributed by atoms with Crippen LogP contribution >= 0.6 is 11.6 Å². The van der Waals surface area contributed by atoms with Crippen LogP contribution in [0, 0.1) is 0 Å². The lowest BCUT2D eigenvalue weighted by molar-refractivity contribution is 0.0952. The maximum absolute atomic E-state index is 12.2. The Morgan fingerprint density at radius 2 is 2.07 bits per heavy atom. The monoisotopic (exact) mass is 396 g/mol. The van der Waals surface area contributed by atoms with E-state index in [1.54, 1.807) is 41.4 Å². The standard InChI is InChI=1S/C19H17ClN6O2/c20-16-6-2-1-5-14(16)19(27)21-7-8-26-18-15(11-25-26)17(23-12-24-18)22-10-13-4-3-9-28-13/h1-6,9,11-12H,7-8,10H2,(H,21,27)(H,22,23,24). The van der Waals surface area contributed by atoms with Crippen LogP contribution in [-0.2, 0) is 13.1 Å². The molecule has 9 heteroatoms. The van der Waals surface area contributed by atoms with Crippen molar-refractivity contribution < 1.29 is 9.21 Å². The van der Waals surface area contributed by atoms with Crippen LogP contribution in [0.5, 0.6) is 0 Å². The highest BCUT2D eigenvalue weighted by molar-refractivity contribution is 6.33. The molecular weight excluding hydrogens is 380 g/mol. The lowest BCUT2D eigenvalue weighted by Crippen LogP contribution is -2.27. The van der Waals surface area contributed by atoms with E-state index in [1.807, 2.05) is 12.1 Å². The second kappa shape index (κ2) is 8.10. The van der Waals surface area contributed by atoms with Crippen molar-refractivity contribution in [3.05, 3.63) is 71.5 Å². The topological polar surface area (TPSA) is 97.9 Å². The molecule has 2 N–H and O–H groups in total. The van der Waals surface area contributed by atoms with Crippen LogP contribution in [0.4, 0.5) is 5.82 Å². The summed E-state index contributed by atoms with van der Waals surface area (Å²) in [4.78, 5) is 20.8. The van der Waals surface area contributed by atoms with Crippen LogP contribution in [0.1, 0.15) is 16.1 Å². The van der Waals surface area contributed by atoms with E-state index in [1.165, 1.54) is 6.33 Å². The number of nitrogens with one attached hydrogen (secondary N) is 2. The Balaban J connectivity index is 1.41. The van der Waals surface area contributed by atoms with Gasteiger partial charge in [-0.05, 0) is 24.3 Å². The molecule has 0 bridgehead atoms. The van der Waals surface area contributed by atoms with E-state index in [9.17, 15) is 4.79 Å². The van der Waals surface area contributed by atoms with Gasteiger partial charge in [-0.3, -0.25) is 4.79 Å². The molecule has 28 heavy (non-hydrogen) atoms. The molecule has 3 aromatic heterocycles. The SMILES string of the molecule is O=C(NCCn1ncc2c(NCc3ccco3)ncnc21)c1ccccc1Cl. The van der Waals surface area contributed by atoms with E-state index < -0.39 is 0 Å². The molecule has 1 aromatic carbocycles. The third-order valence-electron chi connectivity index (χ3n) is 4.17. The van der Waals surface area contributed by atoms with Gasteiger partial charge in [0, 0.05) is 6.54 Å². The Hall–Kier alpha value is -3.39. The van der Waals surface area contributed by atoms with E-state index >= 15 is 0 Å². The van der Waals surface area contributed by atoms with E-state index in [0.717, 1.165) is 11.1 Å². The summed E-state index contributed by atoms with van der Waals surface area (Å²) in [5.41, 5.74) is 1.13. The normalized spacial score (nSPS) is 10.9. The molecule has 0 spiro atoms. The van der Waals surface area contributed by atoms with Gasteiger partial charge in [0.15, 0.2) is 5.65 Å². The number of carbonyl (C=O) groups excluding carboxylic acids is 1. The fraction of sp³-hybridized carbons (Fsp3) is 0.158. The zero-order valence-corrected chi connectivity index (χ0v) is 15.6. The fourth-order valence-electron chi connectivity index (χ4n) is 2.80. The molecule has 0 atom stereocenters. The van der Waals surface area contributed by atoms with Gasteiger partial charge in [-0.1, -0.05) is 23.7 Å². The summed E-state index contributed by atoms with van der Waals surface area (Å²) in [5.74, 6) is 1.26. The molecule has 0 saturated carbocycles. The molecular formula is C19H17ClN6O2. The summed E-state index contributed by atoms with van der Waals surface area (Å²) in [6.45, 7) is 1.37. The first-order chi connectivity index (χ1) is 13.7. The van der Waals surface area contributed by atoms with Crippen LogP contribution in [0.3, 0.4) is 0 Å². The number of furan rings is 1. The molecule has 0 radical (unpaired) electrons. The Kier molecular flexibility index (Phi) is 5.20. The summed E-state index contributed by atoms with van der Waals surface area (Å²) in [5, 5.41) is 11.6. The number of rotatable bonds is 7. The number of aromatic nitrogens is 4. The number of fused-ring (bicyclic) bond motifs is 1. The lowest BCUT2D eigenvalue weighted by Gasteiger charge is -2.08. The van der Waals surface area contributed by atoms with Crippen LogP contribution < -0.4 is 10.6 Å². The van der Waals surface area contributed by atoms with E-state index in [0.29, 0.717) is 41.7 Å². The third kappa shape index (κ3) is 3.81. The Morgan fingerprint density at radius 3 is 2.89 bits per heavy atom. The first-order valence-electron chi connectivity index (χ1n) is 8.68. The number of halogens is 1. The number of anilines is 1. The number of benzene rings is 1. The van der Waals surface area contributed by atoms with E-state index in [2.05, 4.69) is 25.7 Å². The third-order valence-corrected chi connectivity index (χ3v) is 4.50. The van der Waals surface area contributed by atoms with Gasteiger partial charge in [0.1, 0.15) is 17.9 Å². The van der Waals surface area contributed by atoms with Crippen molar-refractivity contribution in [3.63, 3.8) is 0 Å². The predicted octanol–water partition coefficient (Wildman–Crippen LogP) is 3.11. The van der Waals surface area contributed by atoms with Crippen LogP contribution in [0.15, 0.2) is 59.6 Å². The second-order valence-electron chi connectivity index (χ2n) is 6.00. The molecule has 4 rings (SSSR count). The summed E-state index contributed by atoms with van der Waals surface area (Å²) in [7, 11) is 0. The molecule has 4 aromatic rings. The summed E-state index contributed by atoms with van der Waals surface area (Å²) in [6, 6.07) is 10.6. The van der Waals surface area contributed by atoms with Gasteiger partial charge in [-0.2, -0.15) is 5.10 Å².